The summed E-state index contributed by atoms with van der Waals surface area (Å²) >= 11 is 8.45. The minimum Gasteiger partial charge on any atom is -0.477 e. The van der Waals surface area contributed by atoms with E-state index in [-0.39, 0.29) is 12.1 Å². The van der Waals surface area contributed by atoms with Crippen LogP contribution in [-0.2, 0) is 14.3 Å². The molecule has 0 N–H and O–H groups in total. The lowest BCUT2D eigenvalue weighted by atomic mass is 9.89. The van der Waals surface area contributed by atoms with Crippen LogP contribution >= 0.6 is 23.4 Å². The molecule has 0 aromatic carbocycles. The summed E-state index contributed by atoms with van der Waals surface area (Å²) in [6.45, 7) is 9.34. The standard InChI is InChI=1S/C22H31ClO3S/c1-6-27-20(18-9-7-8-10-19(18)23)16-11-13-17(14-12-16)26-22(4,5)21(24)25-15(2)3/h7,9,11,13-16,20H,6,8,10,12H2,1-5H3. The lowest BCUT2D eigenvalue weighted by Gasteiger charge is -2.30. The van der Waals surface area contributed by atoms with E-state index < -0.39 is 5.60 Å². The number of allylic oxidation sites excluding steroid dienone is 6. The Hall–Kier alpha value is -1.13. The summed E-state index contributed by atoms with van der Waals surface area (Å²) in [6, 6.07) is 0. The molecule has 0 spiro atoms. The van der Waals surface area contributed by atoms with Crippen molar-refractivity contribution in [3.63, 3.8) is 0 Å². The summed E-state index contributed by atoms with van der Waals surface area (Å²) in [5, 5.41) is 1.33. The van der Waals surface area contributed by atoms with Gasteiger partial charge in [0.15, 0.2) is 5.60 Å². The third kappa shape index (κ3) is 6.18. The van der Waals surface area contributed by atoms with Gasteiger partial charge < -0.3 is 9.47 Å². The van der Waals surface area contributed by atoms with E-state index >= 15 is 0 Å². The fourth-order valence-electron chi connectivity index (χ4n) is 3.14. The Labute approximate surface area is 172 Å². The van der Waals surface area contributed by atoms with E-state index in [4.69, 9.17) is 21.1 Å². The molecule has 3 nitrogen and oxygen atoms in total. The summed E-state index contributed by atoms with van der Waals surface area (Å²) in [5.41, 5.74) is 0.242. The topological polar surface area (TPSA) is 35.5 Å². The molecule has 0 amide bonds. The number of esters is 1. The minimum absolute atomic E-state index is 0.158. The van der Waals surface area contributed by atoms with Gasteiger partial charge in [-0.1, -0.05) is 36.8 Å². The van der Waals surface area contributed by atoms with Crippen molar-refractivity contribution in [3.05, 3.63) is 46.7 Å². The molecule has 2 rings (SSSR count). The molecule has 0 saturated heterocycles. The quantitative estimate of drug-likeness (QED) is 0.449. The lowest BCUT2D eigenvalue weighted by molar-refractivity contribution is -0.167. The number of ether oxygens (including phenoxy) is 2. The summed E-state index contributed by atoms with van der Waals surface area (Å²) in [4.78, 5) is 12.2. The highest BCUT2D eigenvalue weighted by Crippen LogP contribution is 2.38. The van der Waals surface area contributed by atoms with Crippen LogP contribution in [-0.4, -0.2) is 28.7 Å². The molecule has 27 heavy (non-hydrogen) atoms. The van der Waals surface area contributed by atoms with Crippen molar-refractivity contribution in [2.24, 2.45) is 5.92 Å². The van der Waals surface area contributed by atoms with E-state index in [1.54, 1.807) is 13.8 Å². The van der Waals surface area contributed by atoms with Gasteiger partial charge in [0.25, 0.3) is 0 Å². The molecule has 150 valence electrons. The molecular formula is C22H31ClO3S. The van der Waals surface area contributed by atoms with E-state index in [2.05, 4.69) is 31.2 Å². The van der Waals surface area contributed by atoms with Crippen molar-refractivity contribution in [1.29, 1.82) is 0 Å². The van der Waals surface area contributed by atoms with E-state index in [0.29, 0.717) is 11.2 Å². The van der Waals surface area contributed by atoms with Crippen LogP contribution in [0.5, 0.6) is 0 Å². The Kier molecular flexibility index (Phi) is 8.11. The Morgan fingerprint density at radius 3 is 2.67 bits per heavy atom. The molecule has 0 fully saturated rings. The first-order valence-electron chi connectivity index (χ1n) is 9.69. The van der Waals surface area contributed by atoms with Gasteiger partial charge in [-0.25, -0.2) is 4.79 Å². The highest BCUT2D eigenvalue weighted by atomic mass is 35.5. The maximum atomic E-state index is 12.2. The largest absolute Gasteiger partial charge is 0.477 e. The molecule has 2 aliphatic rings. The molecule has 0 radical (unpaired) electrons. The molecule has 0 aliphatic heterocycles. The molecule has 0 bridgehead atoms. The first-order chi connectivity index (χ1) is 12.7. The van der Waals surface area contributed by atoms with Crippen molar-refractivity contribution in [2.75, 3.05) is 5.75 Å². The van der Waals surface area contributed by atoms with Gasteiger partial charge in [0.2, 0.25) is 0 Å². The number of hydrogen-bond donors (Lipinski definition) is 0. The molecule has 2 aliphatic carbocycles. The Balaban J connectivity index is 2.05. The second-order valence-corrected chi connectivity index (χ2v) is 9.48. The van der Waals surface area contributed by atoms with Crippen LogP contribution in [0.3, 0.4) is 0 Å². The minimum atomic E-state index is -1.01. The van der Waals surface area contributed by atoms with E-state index in [9.17, 15) is 4.79 Å². The monoisotopic (exact) mass is 410 g/mol. The van der Waals surface area contributed by atoms with Crippen molar-refractivity contribution < 1.29 is 14.3 Å². The van der Waals surface area contributed by atoms with Crippen molar-refractivity contribution >= 4 is 29.3 Å². The number of rotatable bonds is 8. The van der Waals surface area contributed by atoms with Gasteiger partial charge in [-0.05, 0) is 76.4 Å². The van der Waals surface area contributed by atoms with Crippen molar-refractivity contribution in [1.82, 2.24) is 0 Å². The van der Waals surface area contributed by atoms with Gasteiger partial charge in [0.1, 0.15) is 5.76 Å². The van der Waals surface area contributed by atoms with Crippen LogP contribution in [0, 0.1) is 5.92 Å². The average molecular weight is 411 g/mol. The zero-order valence-electron chi connectivity index (χ0n) is 17.0. The smallest absolute Gasteiger partial charge is 0.350 e. The van der Waals surface area contributed by atoms with Crippen LogP contribution in [0.4, 0.5) is 0 Å². The molecule has 0 saturated carbocycles. The van der Waals surface area contributed by atoms with Gasteiger partial charge >= 0.3 is 5.97 Å². The highest BCUT2D eigenvalue weighted by Gasteiger charge is 2.34. The summed E-state index contributed by atoms with van der Waals surface area (Å²) in [6.07, 6.45) is 13.3. The summed E-state index contributed by atoms with van der Waals surface area (Å²) < 4.78 is 11.2. The van der Waals surface area contributed by atoms with E-state index in [1.807, 2.05) is 31.7 Å². The molecule has 2 atom stereocenters. The number of carbonyl (C=O) groups excluding carboxylic acids is 1. The van der Waals surface area contributed by atoms with Gasteiger partial charge in [-0.2, -0.15) is 11.8 Å². The second-order valence-electron chi connectivity index (χ2n) is 7.61. The Bertz CT molecular complexity index is 658. The fraction of sp³-hybridized carbons (Fsp3) is 0.591. The average Bonchev–Trinajstić information content (AvgIpc) is 2.60. The number of hydrogen-bond acceptors (Lipinski definition) is 4. The van der Waals surface area contributed by atoms with Crippen LogP contribution in [0.1, 0.15) is 53.9 Å². The molecule has 0 heterocycles. The predicted octanol–water partition coefficient (Wildman–Crippen LogP) is 6.16. The zero-order chi connectivity index (χ0) is 20.0. The molecule has 0 aromatic heterocycles. The predicted molar refractivity (Wildman–Crippen MR) is 115 cm³/mol. The van der Waals surface area contributed by atoms with Crippen LogP contribution in [0.25, 0.3) is 0 Å². The molecule has 0 aromatic rings. The maximum Gasteiger partial charge on any atom is 0.350 e. The van der Waals surface area contributed by atoms with Gasteiger partial charge in [0, 0.05) is 10.3 Å². The van der Waals surface area contributed by atoms with Gasteiger partial charge in [-0.15, -0.1) is 0 Å². The number of thioether (sulfide) groups is 1. The lowest BCUT2D eigenvalue weighted by Crippen LogP contribution is -2.38. The van der Waals surface area contributed by atoms with Crippen molar-refractivity contribution in [3.8, 4) is 0 Å². The number of halogens is 1. The van der Waals surface area contributed by atoms with Gasteiger partial charge in [0.05, 0.1) is 6.10 Å². The first-order valence-corrected chi connectivity index (χ1v) is 11.1. The van der Waals surface area contributed by atoms with E-state index in [1.165, 1.54) is 5.57 Å². The molecule has 2 unspecified atom stereocenters. The normalized spacial score (nSPS) is 21.3. The molecule has 5 heteroatoms. The van der Waals surface area contributed by atoms with Gasteiger partial charge in [-0.3, -0.25) is 0 Å². The second kappa shape index (κ2) is 9.88. The zero-order valence-corrected chi connectivity index (χ0v) is 18.5. The third-order valence-corrected chi connectivity index (χ3v) is 6.19. The third-order valence-electron chi connectivity index (χ3n) is 4.49. The number of carbonyl (C=O) groups is 1. The highest BCUT2D eigenvalue weighted by molar-refractivity contribution is 8.00. The summed E-state index contributed by atoms with van der Waals surface area (Å²) in [7, 11) is 0. The first kappa shape index (κ1) is 22.2. The Morgan fingerprint density at radius 2 is 2.11 bits per heavy atom. The SMILES string of the molecule is CCSC(C1=C(Cl)CCC=C1)C1C=CC(OC(C)(C)C(=O)OC(C)C)=CC1. The summed E-state index contributed by atoms with van der Waals surface area (Å²) in [5.74, 6) is 1.77. The van der Waals surface area contributed by atoms with E-state index in [0.717, 1.165) is 35.8 Å². The molecular weight excluding hydrogens is 380 g/mol. The van der Waals surface area contributed by atoms with Crippen LogP contribution < -0.4 is 0 Å². The van der Waals surface area contributed by atoms with Crippen molar-refractivity contribution in [2.45, 2.75) is 70.8 Å². The van der Waals surface area contributed by atoms with Crippen LogP contribution in [0.15, 0.2) is 46.7 Å². The van der Waals surface area contributed by atoms with Crippen LogP contribution in [0.2, 0.25) is 0 Å². The maximum absolute atomic E-state index is 12.2. The fourth-order valence-corrected chi connectivity index (χ4v) is 4.70. The Morgan fingerprint density at radius 1 is 1.37 bits per heavy atom.